The minimum absolute atomic E-state index is 0.0724. The second kappa shape index (κ2) is 10.2. The van der Waals surface area contributed by atoms with Crippen molar-refractivity contribution in [3.63, 3.8) is 0 Å². The van der Waals surface area contributed by atoms with Crippen LogP contribution in [0.15, 0.2) is 54.9 Å². The van der Waals surface area contributed by atoms with Crippen molar-refractivity contribution in [2.45, 2.75) is 44.6 Å². The summed E-state index contributed by atoms with van der Waals surface area (Å²) < 4.78 is 5.15. The summed E-state index contributed by atoms with van der Waals surface area (Å²) in [7, 11) is 0. The van der Waals surface area contributed by atoms with Gasteiger partial charge in [0, 0.05) is 38.3 Å². The molecule has 2 aliphatic heterocycles. The maximum atomic E-state index is 13.8. The molecule has 0 saturated carbocycles. The zero-order valence-electron chi connectivity index (χ0n) is 19.3. The average molecular weight is 464 g/mol. The van der Waals surface area contributed by atoms with Crippen LogP contribution in [-0.4, -0.2) is 58.2 Å². The Balaban J connectivity index is 1.59. The molecular formula is C26H29N3O5. The second-order valence-corrected chi connectivity index (χ2v) is 8.88. The Morgan fingerprint density at radius 1 is 1.15 bits per heavy atom. The van der Waals surface area contributed by atoms with Crippen molar-refractivity contribution in [1.29, 1.82) is 0 Å². The SMILES string of the molecule is CCOC(=O)C1CCCN(C(=O)CC2(c3ccccc3)CC(=O)N(Cc3cccnc3)C2=O)C1. The number of carbonyl (C=O) groups is 4. The van der Waals surface area contributed by atoms with Crippen molar-refractivity contribution in [3.05, 3.63) is 66.0 Å². The standard InChI is InChI=1S/C26H29N3O5/c1-2-34-24(32)20-9-7-13-28(18-20)22(30)14-26(21-10-4-3-5-11-21)15-23(31)29(25(26)33)17-19-8-6-12-27-16-19/h3-6,8,10-12,16,20H,2,7,9,13-15,17-18H2,1H3. The molecule has 3 amide bonds. The van der Waals surface area contributed by atoms with E-state index >= 15 is 0 Å². The van der Waals surface area contributed by atoms with E-state index in [9.17, 15) is 19.2 Å². The first-order valence-electron chi connectivity index (χ1n) is 11.7. The van der Waals surface area contributed by atoms with Crippen LogP contribution < -0.4 is 0 Å². The number of ether oxygens (including phenoxy) is 1. The van der Waals surface area contributed by atoms with Crippen LogP contribution in [0.4, 0.5) is 0 Å². The van der Waals surface area contributed by atoms with Gasteiger partial charge in [-0.15, -0.1) is 0 Å². The minimum atomic E-state index is -1.27. The van der Waals surface area contributed by atoms with Crippen LogP contribution in [0, 0.1) is 5.92 Å². The van der Waals surface area contributed by atoms with Crippen molar-refractivity contribution in [2.75, 3.05) is 19.7 Å². The Bertz CT molecular complexity index is 1060. The van der Waals surface area contributed by atoms with Gasteiger partial charge in [0.1, 0.15) is 0 Å². The van der Waals surface area contributed by atoms with Gasteiger partial charge in [0.05, 0.1) is 24.5 Å². The topological polar surface area (TPSA) is 96.9 Å². The number of hydrogen-bond donors (Lipinski definition) is 0. The Hall–Kier alpha value is -3.55. The summed E-state index contributed by atoms with van der Waals surface area (Å²) in [5, 5.41) is 0. The number of rotatable bonds is 7. The molecule has 2 aliphatic rings. The average Bonchev–Trinajstić information content (AvgIpc) is 3.10. The highest BCUT2D eigenvalue weighted by Crippen LogP contribution is 2.41. The fraction of sp³-hybridized carbons (Fsp3) is 0.423. The first-order valence-corrected chi connectivity index (χ1v) is 11.7. The number of hydrogen-bond acceptors (Lipinski definition) is 6. The summed E-state index contributed by atoms with van der Waals surface area (Å²) >= 11 is 0. The van der Waals surface area contributed by atoms with Gasteiger partial charge in [0.25, 0.3) is 0 Å². The van der Waals surface area contributed by atoms with Crippen molar-refractivity contribution in [1.82, 2.24) is 14.8 Å². The maximum absolute atomic E-state index is 13.8. The molecule has 1 aromatic heterocycles. The molecule has 2 atom stereocenters. The fourth-order valence-corrected chi connectivity index (χ4v) is 4.88. The number of piperidine rings is 1. The first-order chi connectivity index (χ1) is 16.4. The Morgan fingerprint density at radius 3 is 2.65 bits per heavy atom. The molecule has 0 spiro atoms. The number of nitrogens with zero attached hydrogens (tertiary/aromatic N) is 3. The first kappa shape index (κ1) is 23.6. The van der Waals surface area contributed by atoms with Crippen molar-refractivity contribution in [2.24, 2.45) is 5.92 Å². The molecule has 8 heteroatoms. The Kier molecular flexibility index (Phi) is 7.05. The lowest BCUT2D eigenvalue weighted by atomic mass is 9.75. The predicted octanol–water partition coefficient (Wildman–Crippen LogP) is 2.47. The monoisotopic (exact) mass is 463 g/mol. The maximum Gasteiger partial charge on any atom is 0.310 e. The number of esters is 1. The Morgan fingerprint density at radius 2 is 1.94 bits per heavy atom. The number of amides is 3. The van der Waals surface area contributed by atoms with E-state index in [1.165, 1.54) is 4.90 Å². The number of aromatic nitrogens is 1. The molecule has 2 aromatic rings. The van der Waals surface area contributed by atoms with Gasteiger partial charge in [-0.1, -0.05) is 36.4 Å². The van der Waals surface area contributed by atoms with E-state index in [1.54, 1.807) is 54.5 Å². The normalized spacial score (nSPS) is 22.7. The van der Waals surface area contributed by atoms with Crippen LogP contribution in [0.3, 0.4) is 0 Å². The van der Waals surface area contributed by atoms with Crippen LogP contribution in [0.1, 0.15) is 43.7 Å². The van der Waals surface area contributed by atoms with Gasteiger partial charge in [0.15, 0.2) is 0 Å². The summed E-state index contributed by atoms with van der Waals surface area (Å²) in [6.45, 7) is 2.95. The van der Waals surface area contributed by atoms with E-state index < -0.39 is 5.41 Å². The molecule has 0 bridgehead atoms. The lowest BCUT2D eigenvalue weighted by molar-refractivity contribution is -0.152. The fourth-order valence-electron chi connectivity index (χ4n) is 4.88. The number of carbonyl (C=O) groups excluding carboxylic acids is 4. The number of imide groups is 1. The Labute approximate surface area is 198 Å². The highest BCUT2D eigenvalue weighted by atomic mass is 16.5. The molecule has 1 aromatic carbocycles. The molecule has 2 saturated heterocycles. The third kappa shape index (κ3) is 4.71. The lowest BCUT2D eigenvalue weighted by Crippen LogP contribution is -2.47. The van der Waals surface area contributed by atoms with Crippen molar-refractivity contribution < 1.29 is 23.9 Å². The molecular weight excluding hydrogens is 434 g/mol. The molecule has 0 radical (unpaired) electrons. The molecule has 178 valence electrons. The summed E-state index contributed by atoms with van der Waals surface area (Å²) in [6.07, 6.45) is 4.41. The third-order valence-electron chi connectivity index (χ3n) is 6.65. The summed E-state index contributed by atoms with van der Waals surface area (Å²) in [5.74, 6) is -1.59. The van der Waals surface area contributed by atoms with Crippen LogP contribution in [0.25, 0.3) is 0 Å². The molecule has 2 unspecified atom stereocenters. The van der Waals surface area contributed by atoms with Gasteiger partial charge in [-0.05, 0) is 37.0 Å². The van der Waals surface area contributed by atoms with Gasteiger partial charge in [-0.3, -0.25) is 29.1 Å². The van der Waals surface area contributed by atoms with Crippen molar-refractivity contribution in [3.8, 4) is 0 Å². The van der Waals surface area contributed by atoms with Crippen LogP contribution in [0.2, 0.25) is 0 Å². The van der Waals surface area contributed by atoms with Crippen molar-refractivity contribution >= 4 is 23.7 Å². The second-order valence-electron chi connectivity index (χ2n) is 8.88. The lowest BCUT2D eigenvalue weighted by Gasteiger charge is -2.34. The van der Waals surface area contributed by atoms with Gasteiger partial charge in [-0.2, -0.15) is 0 Å². The molecule has 3 heterocycles. The van der Waals surface area contributed by atoms with E-state index in [-0.39, 0.29) is 55.5 Å². The van der Waals surface area contributed by atoms with E-state index in [0.29, 0.717) is 31.6 Å². The highest BCUT2D eigenvalue weighted by Gasteiger charge is 2.54. The van der Waals surface area contributed by atoms with Crippen LogP contribution >= 0.6 is 0 Å². The summed E-state index contributed by atoms with van der Waals surface area (Å²) in [5.41, 5.74) is 0.121. The molecule has 8 nitrogen and oxygen atoms in total. The number of benzene rings is 1. The molecule has 0 N–H and O–H groups in total. The van der Waals surface area contributed by atoms with Gasteiger partial charge < -0.3 is 9.64 Å². The van der Waals surface area contributed by atoms with Crippen LogP contribution in [-0.2, 0) is 35.9 Å². The smallest absolute Gasteiger partial charge is 0.310 e. The number of likely N-dealkylation sites (tertiary alicyclic amines) is 2. The zero-order chi connectivity index (χ0) is 24.1. The van der Waals surface area contributed by atoms with E-state index in [2.05, 4.69) is 4.98 Å². The number of pyridine rings is 1. The quantitative estimate of drug-likeness (QED) is 0.462. The summed E-state index contributed by atoms with van der Waals surface area (Å²) in [4.78, 5) is 59.4. The molecule has 34 heavy (non-hydrogen) atoms. The van der Waals surface area contributed by atoms with Gasteiger partial charge in [-0.25, -0.2) is 0 Å². The van der Waals surface area contributed by atoms with Crippen LogP contribution in [0.5, 0.6) is 0 Å². The van der Waals surface area contributed by atoms with E-state index in [4.69, 9.17) is 4.74 Å². The third-order valence-corrected chi connectivity index (χ3v) is 6.65. The molecule has 2 fully saturated rings. The van der Waals surface area contributed by atoms with Gasteiger partial charge >= 0.3 is 5.97 Å². The predicted molar refractivity (Wildman–Crippen MR) is 123 cm³/mol. The van der Waals surface area contributed by atoms with E-state index in [1.807, 2.05) is 12.1 Å². The van der Waals surface area contributed by atoms with E-state index in [0.717, 1.165) is 5.56 Å². The minimum Gasteiger partial charge on any atom is -0.466 e. The highest BCUT2D eigenvalue weighted by molar-refractivity contribution is 6.10. The van der Waals surface area contributed by atoms with Gasteiger partial charge in [0.2, 0.25) is 17.7 Å². The zero-order valence-corrected chi connectivity index (χ0v) is 19.3. The summed E-state index contributed by atoms with van der Waals surface area (Å²) in [6, 6.07) is 12.6. The molecule has 0 aliphatic carbocycles. The molecule has 4 rings (SSSR count). The largest absolute Gasteiger partial charge is 0.466 e.